The average Bonchev–Trinajstić information content (AvgIpc) is 3.03. The molecule has 3 aromatic rings. The van der Waals surface area contributed by atoms with Gasteiger partial charge in [-0.15, -0.1) is 0 Å². The Morgan fingerprint density at radius 2 is 2.11 bits per heavy atom. The Balaban J connectivity index is 1.70. The summed E-state index contributed by atoms with van der Waals surface area (Å²) >= 11 is 0. The van der Waals surface area contributed by atoms with Crippen LogP contribution in [0.2, 0.25) is 0 Å². The number of ether oxygens (including phenoxy) is 1. The predicted octanol–water partition coefficient (Wildman–Crippen LogP) is 1.54. The number of hydrogen-bond donors (Lipinski definition) is 1. The van der Waals surface area contributed by atoms with Gasteiger partial charge in [-0.3, -0.25) is 14.2 Å². The third-order valence-corrected chi connectivity index (χ3v) is 3.93. The van der Waals surface area contributed by atoms with Gasteiger partial charge in [0.2, 0.25) is 5.91 Å². The minimum atomic E-state index is -0.557. The van der Waals surface area contributed by atoms with Crippen LogP contribution in [0.3, 0.4) is 0 Å². The molecule has 8 nitrogen and oxygen atoms in total. The number of fused-ring (bicyclic) bond motifs is 1. The van der Waals surface area contributed by atoms with Gasteiger partial charge in [0.15, 0.2) is 0 Å². The van der Waals surface area contributed by atoms with E-state index in [1.54, 1.807) is 6.92 Å². The van der Waals surface area contributed by atoms with Crippen molar-refractivity contribution in [2.75, 3.05) is 7.11 Å². The third kappa shape index (κ3) is 3.86. The molecule has 2 heterocycles. The molecule has 1 amide bonds. The van der Waals surface area contributed by atoms with E-state index in [0.29, 0.717) is 17.0 Å². The Hall–Kier alpha value is -3.49. The number of nitrogens with zero attached hydrogens (tertiary/aromatic N) is 2. The van der Waals surface area contributed by atoms with Gasteiger partial charge in [-0.2, -0.15) is 0 Å². The smallest absolute Gasteiger partial charge is 0.341 e. The highest BCUT2D eigenvalue weighted by Crippen LogP contribution is 2.15. The predicted molar refractivity (Wildman–Crippen MR) is 92.6 cm³/mol. The fraction of sp³-hybridized carbons (Fsp3) is 0.222. The summed E-state index contributed by atoms with van der Waals surface area (Å²) in [5.41, 5.74) is 0.106. The highest BCUT2D eigenvalue weighted by molar-refractivity contribution is 5.90. The van der Waals surface area contributed by atoms with Crippen molar-refractivity contribution in [3.63, 3.8) is 0 Å². The van der Waals surface area contributed by atoms with Crippen molar-refractivity contribution in [2.24, 2.45) is 0 Å². The van der Waals surface area contributed by atoms with Crippen molar-refractivity contribution in [1.29, 1.82) is 0 Å². The second-order valence-electron chi connectivity index (χ2n) is 5.79. The number of amides is 1. The number of aryl methyl sites for hydroxylation is 1. The van der Waals surface area contributed by atoms with Crippen LogP contribution in [0.4, 0.5) is 4.39 Å². The van der Waals surface area contributed by atoms with Gasteiger partial charge in [-0.1, -0.05) is 0 Å². The second kappa shape index (κ2) is 7.40. The molecular weight excluding hydrogens is 357 g/mol. The summed E-state index contributed by atoms with van der Waals surface area (Å²) in [5, 5.41) is 2.68. The molecule has 0 radical (unpaired) electrons. The van der Waals surface area contributed by atoms with Crippen LogP contribution in [0, 0.1) is 12.7 Å². The number of carbonyl (C=O) groups is 2. The quantitative estimate of drug-likeness (QED) is 0.681. The zero-order valence-corrected chi connectivity index (χ0v) is 14.6. The average molecular weight is 373 g/mol. The number of carbonyl (C=O) groups excluding carboxylic acids is 2. The molecule has 0 atom stereocenters. The summed E-state index contributed by atoms with van der Waals surface area (Å²) in [6.07, 6.45) is 1.23. The maximum absolute atomic E-state index is 13.3. The van der Waals surface area contributed by atoms with Crippen LogP contribution in [0.1, 0.15) is 21.9 Å². The molecule has 0 saturated heterocycles. The summed E-state index contributed by atoms with van der Waals surface area (Å²) in [6.45, 7) is 1.35. The first kappa shape index (κ1) is 18.3. The Kier molecular flexibility index (Phi) is 5.02. The topological polar surface area (TPSA) is 103 Å². The van der Waals surface area contributed by atoms with E-state index in [-0.39, 0.29) is 24.0 Å². The zero-order chi connectivity index (χ0) is 19.6. The van der Waals surface area contributed by atoms with Crippen LogP contribution >= 0.6 is 0 Å². The lowest BCUT2D eigenvalue weighted by molar-refractivity contribution is -0.122. The van der Waals surface area contributed by atoms with E-state index >= 15 is 0 Å². The number of benzene rings is 1. The summed E-state index contributed by atoms with van der Waals surface area (Å²) in [7, 11) is 1.26. The zero-order valence-electron chi connectivity index (χ0n) is 14.6. The largest absolute Gasteiger partial charge is 0.465 e. The normalized spacial score (nSPS) is 10.8. The van der Waals surface area contributed by atoms with E-state index in [1.165, 1.54) is 31.6 Å². The molecule has 1 aromatic carbocycles. The minimum absolute atomic E-state index is 0.0288. The number of nitrogens with one attached hydrogen (secondary N) is 1. The van der Waals surface area contributed by atoms with Crippen molar-refractivity contribution in [3.05, 3.63) is 63.8 Å². The van der Waals surface area contributed by atoms with Gasteiger partial charge in [0.1, 0.15) is 29.4 Å². The summed E-state index contributed by atoms with van der Waals surface area (Å²) in [5.74, 6) is -0.813. The Morgan fingerprint density at radius 3 is 2.85 bits per heavy atom. The highest BCUT2D eigenvalue weighted by atomic mass is 19.1. The molecule has 0 aliphatic heterocycles. The van der Waals surface area contributed by atoms with E-state index in [2.05, 4.69) is 15.0 Å². The molecule has 2 aromatic heterocycles. The molecule has 0 aliphatic carbocycles. The number of rotatable bonds is 5. The first-order valence-electron chi connectivity index (χ1n) is 7.98. The van der Waals surface area contributed by atoms with Crippen molar-refractivity contribution in [3.8, 4) is 0 Å². The first-order valence-corrected chi connectivity index (χ1v) is 7.98. The van der Waals surface area contributed by atoms with Crippen molar-refractivity contribution in [1.82, 2.24) is 14.9 Å². The molecule has 27 heavy (non-hydrogen) atoms. The van der Waals surface area contributed by atoms with E-state index < -0.39 is 23.3 Å². The highest BCUT2D eigenvalue weighted by Gasteiger charge is 2.16. The van der Waals surface area contributed by atoms with E-state index in [1.807, 2.05) is 0 Å². The van der Waals surface area contributed by atoms with E-state index in [0.717, 1.165) is 10.6 Å². The van der Waals surface area contributed by atoms with Crippen LogP contribution in [0.25, 0.3) is 10.9 Å². The van der Waals surface area contributed by atoms with Crippen LogP contribution in [-0.4, -0.2) is 28.5 Å². The van der Waals surface area contributed by atoms with Crippen molar-refractivity contribution in [2.45, 2.75) is 20.0 Å². The molecule has 0 aliphatic rings. The van der Waals surface area contributed by atoms with Gasteiger partial charge in [0.05, 0.1) is 30.9 Å². The Labute approximate surface area is 152 Å². The third-order valence-electron chi connectivity index (χ3n) is 3.93. The van der Waals surface area contributed by atoms with Gasteiger partial charge in [-0.25, -0.2) is 14.2 Å². The van der Waals surface area contributed by atoms with Crippen LogP contribution in [-0.2, 0) is 22.6 Å². The number of methoxy groups -OCH3 is 1. The van der Waals surface area contributed by atoms with Crippen molar-refractivity contribution < 1.29 is 23.1 Å². The van der Waals surface area contributed by atoms with Gasteiger partial charge in [-0.05, 0) is 31.2 Å². The molecule has 0 bridgehead atoms. The van der Waals surface area contributed by atoms with E-state index in [9.17, 15) is 18.8 Å². The molecule has 3 rings (SSSR count). The number of halogens is 1. The lowest BCUT2D eigenvalue weighted by Gasteiger charge is -2.07. The monoisotopic (exact) mass is 373 g/mol. The molecule has 1 N–H and O–H groups in total. The van der Waals surface area contributed by atoms with Crippen LogP contribution in [0.5, 0.6) is 0 Å². The number of esters is 1. The molecular formula is C18H16FN3O5. The standard InChI is InChI=1S/C18H16FN3O5/c1-10-13(18(25)26-2)6-12(27-10)7-20-16(23)8-22-9-21-15-4-3-11(19)5-14(15)17(22)24/h3-6,9H,7-8H2,1-2H3,(H,20,23). The SMILES string of the molecule is COC(=O)c1cc(CNC(=O)Cn2cnc3ccc(F)cc3c2=O)oc1C. The van der Waals surface area contributed by atoms with E-state index in [4.69, 9.17) is 4.42 Å². The second-order valence-corrected chi connectivity index (χ2v) is 5.79. The Bertz CT molecular complexity index is 1090. The van der Waals surface area contributed by atoms with Crippen LogP contribution in [0.15, 0.2) is 39.8 Å². The van der Waals surface area contributed by atoms with Crippen LogP contribution < -0.4 is 10.9 Å². The lowest BCUT2D eigenvalue weighted by Crippen LogP contribution is -2.32. The summed E-state index contributed by atoms with van der Waals surface area (Å²) in [6, 6.07) is 5.17. The molecule has 9 heteroatoms. The molecule has 0 saturated carbocycles. The van der Waals surface area contributed by atoms with Gasteiger partial charge in [0.25, 0.3) is 5.56 Å². The summed E-state index contributed by atoms with van der Waals surface area (Å²) in [4.78, 5) is 40.1. The number of hydrogen-bond acceptors (Lipinski definition) is 6. The van der Waals surface area contributed by atoms with Gasteiger partial charge >= 0.3 is 5.97 Å². The minimum Gasteiger partial charge on any atom is -0.465 e. The molecule has 0 fully saturated rings. The number of aromatic nitrogens is 2. The van der Waals surface area contributed by atoms with Crippen molar-refractivity contribution >= 4 is 22.8 Å². The Morgan fingerprint density at radius 1 is 1.33 bits per heavy atom. The lowest BCUT2D eigenvalue weighted by atomic mass is 10.2. The fourth-order valence-electron chi connectivity index (χ4n) is 2.58. The fourth-order valence-corrected chi connectivity index (χ4v) is 2.58. The van der Waals surface area contributed by atoms with Gasteiger partial charge in [0, 0.05) is 0 Å². The van der Waals surface area contributed by atoms with Gasteiger partial charge < -0.3 is 14.5 Å². The molecule has 140 valence electrons. The number of furan rings is 1. The maximum Gasteiger partial charge on any atom is 0.341 e. The maximum atomic E-state index is 13.3. The molecule has 0 spiro atoms. The first-order chi connectivity index (χ1) is 12.9. The molecule has 0 unspecified atom stereocenters. The summed E-state index contributed by atoms with van der Waals surface area (Å²) < 4.78 is 24.5.